The molecule has 2 aromatic rings. The molecule has 3 rings (SSSR count). The van der Waals surface area contributed by atoms with Crippen molar-refractivity contribution >= 4 is 39.3 Å². The Hall–Kier alpha value is -2.43. The first-order valence-corrected chi connectivity index (χ1v) is 13.3. The summed E-state index contributed by atoms with van der Waals surface area (Å²) in [4.78, 5) is 29.9. The van der Waals surface area contributed by atoms with Gasteiger partial charge in [-0.15, -0.1) is 0 Å². The molecule has 1 aromatic carbocycles. The summed E-state index contributed by atoms with van der Waals surface area (Å²) >= 11 is 1.59. The highest BCUT2D eigenvalue weighted by Gasteiger charge is 2.34. The summed E-state index contributed by atoms with van der Waals surface area (Å²) in [7, 11) is -3.66. The first kappa shape index (κ1) is 24.2. The van der Waals surface area contributed by atoms with Crippen molar-refractivity contribution < 1.29 is 18.0 Å². The van der Waals surface area contributed by atoms with Crippen LogP contribution in [0.15, 0.2) is 59.8 Å². The van der Waals surface area contributed by atoms with Crippen LogP contribution in [0.2, 0.25) is 0 Å². The summed E-state index contributed by atoms with van der Waals surface area (Å²) in [6.07, 6.45) is 6.73. The summed E-state index contributed by atoms with van der Waals surface area (Å²) in [5.41, 5.74) is 0.603. The number of hydrogen-bond acceptors (Lipinski definition) is 6. The second-order valence-corrected chi connectivity index (χ2v) is 10.5. The van der Waals surface area contributed by atoms with Gasteiger partial charge in [0.1, 0.15) is 6.04 Å². The lowest BCUT2D eigenvalue weighted by Crippen LogP contribution is -2.50. The third kappa shape index (κ3) is 6.30. The van der Waals surface area contributed by atoms with Crippen molar-refractivity contribution in [3.8, 4) is 0 Å². The number of sulfonamides is 1. The van der Waals surface area contributed by atoms with Crippen LogP contribution in [0.1, 0.15) is 19.3 Å². The van der Waals surface area contributed by atoms with Crippen molar-refractivity contribution in [2.75, 3.05) is 30.4 Å². The Morgan fingerprint density at radius 3 is 2.59 bits per heavy atom. The van der Waals surface area contributed by atoms with Crippen LogP contribution in [-0.2, 0) is 19.6 Å². The third-order valence-electron chi connectivity index (χ3n) is 5.33. The summed E-state index contributed by atoms with van der Waals surface area (Å²) in [6.45, 7) is 0.476. The van der Waals surface area contributed by atoms with Crippen LogP contribution in [0, 0.1) is 5.92 Å². The van der Waals surface area contributed by atoms with Gasteiger partial charge in [0.2, 0.25) is 21.8 Å². The smallest absolute Gasteiger partial charge is 0.246 e. The minimum atomic E-state index is -3.66. The fourth-order valence-electron chi connectivity index (χ4n) is 3.57. The molecule has 0 saturated carbocycles. The van der Waals surface area contributed by atoms with Crippen LogP contribution in [0.5, 0.6) is 0 Å². The van der Waals surface area contributed by atoms with E-state index < -0.39 is 22.0 Å². The summed E-state index contributed by atoms with van der Waals surface area (Å²) in [6, 6.07) is 10.9. The number of piperidine rings is 1. The lowest BCUT2D eigenvalue weighted by Gasteiger charge is -2.32. The lowest BCUT2D eigenvalue weighted by atomic mass is 9.98. The molecule has 1 aromatic heterocycles. The van der Waals surface area contributed by atoms with Gasteiger partial charge < -0.3 is 10.6 Å². The molecule has 8 nitrogen and oxygen atoms in total. The molecule has 2 heterocycles. The van der Waals surface area contributed by atoms with Gasteiger partial charge in [-0.2, -0.15) is 16.1 Å². The Morgan fingerprint density at radius 2 is 1.91 bits per heavy atom. The van der Waals surface area contributed by atoms with E-state index >= 15 is 0 Å². The molecule has 0 spiro atoms. The maximum atomic E-state index is 13.0. The number of aromatic nitrogens is 1. The van der Waals surface area contributed by atoms with Gasteiger partial charge in [0.15, 0.2) is 0 Å². The zero-order chi connectivity index (χ0) is 23.0. The van der Waals surface area contributed by atoms with Gasteiger partial charge >= 0.3 is 0 Å². The molecule has 0 aliphatic carbocycles. The number of benzene rings is 1. The summed E-state index contributed by atoms with van der Waals surface area (Å²) < 4.78 is 27.3. The number of nitrogens with one attached hydrogen (secondary N) is 2. The van der Waals surface area contributed by atoms with E-state index in [4.69, 9.17) is 0 Å². The maximum Gasteiger partial charge on any atom is 0.246 e. The number of pyridine rings is 1. The number of rotatable bonds is 9. The molecule has 1 fully saturated rings. The third-order valence-corrected chi connectivity index (χ3v) is 7.85. The van der Waals surface area contributed by atoms with E-state index in [0.717, 1.165) is 0 Å². The van der Waals surface area contributed by atoms with E-state index in [0.29, 0.717) is 37.2 Å². The summed E-state index contributed by atoms with van der Waals surface area (Å²) in [5, 5.41) is 5.66. The highest BCUT2D eigenvalue weighted by Crippen LogP contribution is 2.24. The second-order valence-electron chi connectivity index (χ2n) is 7.58. The van der Waals surface area contributed by atoms with Gasteiger partial charge in [-0.25, -0.2) is 8.42 Å². The van der Waals surface area contributed by atoms with Crippen LogP contribution in [-0.4, -0.2) is 60.7 Å². The van der Waals surface area contributed by atoms with Gasteiger partial charge in [-0.3, -0.25) is 14.6 Å². The molecule has 1 unspecified atom stereocenters. The van der Waals surface area contributed by atoms with Gasteiger partial charge in [-0.05, 0) is 55.5 Å². The van der Waals surface area contributed by atoms with Crippen molar-refractivity contribution in [3.63, 3.8) is 0 Å². The Morgan fingerprint density at radius 1 is 1.19 bits per heavy atom. The predicted molar refractivity (Wildman–Crippen MR) is 126 cm³/mol. The van der Waals surface area contributed by atoms with Crippen molar-refractivity contribution in [2.24, 2.45) is 5.92 Å². The van der Waals surface area contributed by atoms with Gasteiger partial charge in [-0.1, -0.05) is 18.2 Å². The molecule has 1 aliphatic heterocycles. The molecule has 1 saturated heterocycles. The molecular formula is C22H28N4O4S2. The molecule has 172 valence electrons. The standard InChI is InChI=1S/C22H28N4O4S2/c1-31-15-11-20(22(28)24-18-9-12-23-13-10-18)25-21(27)17-6-5-14-26(16-17)32(29,30)19-7-3-2-4-8-19/h2-4,7-10,12-13,17,20H,5-6,11,14-16H2,1H3,(H,25,27)(H,23,24,28)/t17?,20-/m1/s1. The van der Waals surface area contributed by atoms with E-state index in [1.165, 1.54) is 4.31 Å². The van der Waals surface area contributed by atoms with Crippen molar-refractivity contribution in [1.29, 1.82) is 0 Å². The zero-order valence-electron chi connectivity index (χ0n) is 17.9. The second kappa shape index (κ2) is 11.4. The fraction of sp³-hybridized carbons (Fsp3) is 0.409. The number of nitrogens with zero attached hydrogens (tertiary/aromatic N) is 2. The molecule has 2 amide bonds. The molecule has 0 radical (unpaired) electrons. The molecular weight excluding hydrogens is 448 g/mol. The maximum absolute atomic E-state index is 13.0. The number of anilines is 1. The van der Waals surface area contributed by atoms with Crippen LogP contribution in [0.4, 0.5) is 5.69 Å². The van der Waals surface area contributed by atoms with Gasteiger partial charge in [0.25, 0.3) is 0 Å². The van der Waals surface area contributed by atoms with Crippen molar-refractivity contribution in [2.45, 2.75) is 30.2 Å². The van der Waals surface area contributed by atoms with Crippen molar-refractivity contribution in [1.82, 2.24) is 14.6 Å². The Bertz CT molecular complexity index is 1000. The first-order chi connectivity index (χ1) is 15.4. The fourth-order valence-corrected chi connectivity index (χ4v) is 5.59. The van der Waals surface area contributed by atoms with Crippen LogP contribution in [0.25, 0.3) is 0 Å². The highest BCUT2D eigenvalue weighted by molar-refractivity contribution is 7.98. The summed E-state index contributed by atoms with van der Waals surface area (Å²) in [5.74, 6) is -0.404. The minimum absolute atomic E-state index is 0.101. The molecule has 1 aliphatic rings. The van der Waals surface area contributed by atoms with E-state index in [-0.39, 0.29) is 23.3 Å². The lowest BCUT2D eigenvalue weighted by molar-refractivity contribution is -0.130. The number of carbonyl (C=O) groups excluding carboxylic acids is 2. The number of thioether (sulfide) groups is 1. The van der Waals surface area contributed by atoms with E-state index in [9.17, 15) is 18.0 Å². The van der Waals surface area contributed by atoms with E-state index in [1.54, 1.807) is 66.6 Å². The number of amides is 2. The van der Waals surface area contributed by atoms with Crippen LogP contribution in [0.3, 0.4) is 0 Å². The normalized spacial score (nSPS) is 18.0. The predicted octanol–water partition coefficient (Wildman–Crippen LogP) is 2.36. The van der Waals surface area contributed by atoms with E-state index in [2.05, 4.69) is 15.6 Å². The highest BCUT2D eigenvalue weighted by atomic mass is 32.2. The molecule has 32 heavy (non-hydrogen) atoms. The molecule has 2 N–H and O–H groups in total. The Balaban J connectivity index is 1.66. The minimum Gasteiger partial charge on any atom is -0.344 e. The van der Waals surface area contributed by atoms with E-state index in [1.807, 2.05) is 6.26 Å². The topological polar surface area (TPSA) is 108 Å². The van der Waals surface area contributed by atoms with Crippen molar-refractivity contribution in [3.05, 3.63) is 54.9 Å². The van der Waals surface area contributed by atoms with Gasteiger partial charge in [0.05, 0.1) is 10.8 Å². The SMILES string of the molecule is CSCC[C@@H](NC(=O)C1CCCN(S(=O)(=O)c2ccccc2)C1)C(=O)Nc1ccncc1. The Labute approximate surface area is 193 Å². The Kier molecular flexibility index (Phi) is 8.66. The monoisotopic (exact) mass is 476 g/mol. The van der Waals surface area contributed by atoms with Crippen LogP contribution < -0.4 is 10.6 Å². The van der Waals surface area contributed by atoms with Crippen LogP contribution >= 0.6 is 11.8 Å². The van der Waals surface area contributed by atoms with Gasteiger partial charge in [0, 0.05) is 31.2 Å². The average Bonchev–Trinajstić information content (AvgIpc) is 2.82. The number of carbonyl (C=O) groups is 2. The molecule has 2 atom stereocenters. The molecule has 0 bridgehead atoms. The molecule has 10 heteroatoms. The largest absolute Gasteiger partial charge is 0.344 e. The average molecular weight is 477 g/mol. The zero-order valence-corrected chi connectivity index (χ0v) is 19.6. The first-order valence-electron chi connectivity index (χ1n) is 10.5. The number of hydrogen-bond donors (Lipinski definition) is 2. The quantitative estimate of drug-likeness (QED) is 0.575.